The van der Waals surface area contributed by atoms with E-state index in [0.29, 0.717) is 0 Å². The maximum Gasteiger partial charge on any atom is 0.416 e. The molecule has 0 spiro atoms. The monoisotopic (exact) mass is 310 g/mol. The second-order valence-electron chi connectivity index (χ2n) is 5.69. The minimum Gasteiger partial charge on any atom is -0.392 e. The fourth-order valence-electron chi connectivity index (χ4n) is 1.41. The van der Waals surface area contributed by atoms with Crippen LogP contribution in [0.3, 0.4) is 0 Å². The van der Waals surface area contributed by atoms with Crippen LogP contribution in [-0.2, 0) is 16.0 Å². The van der Waals surface area contributed by atoms with E-state index in [1.165, 1.54) is 0 Å². The summed E-state index contributed by atoms with van der Waals surface area (Å²) >= 11 is 0. The van der Waals surface area contributed by atoms with Gasteiger partial charge in [0.25, 0.3) is 0 Å². The number of sulfone groups is 1. The first-order chi connectivity index (χ1) is 8.84. The molecule has 0 amide bonds. The molecule has 7 heteroatoms. The smallest absolute Gasteiger partial charge is 0.392 e. The Hall–Kier alpha value is -1.08. The van der Waals surface area contributed by atoms with Crippen molar-refractivity contribution in [3.05, 3.63) is 29.8 Å². The van der Waals surface area contributed by atoms with Crippen molar-refractivity contribution >= 4 is 9.84 Å². The second-order valence-corrected chi connectivity index (χ2v) is 7.72. The van der Waals surface area contributed by atoms with Crippen molar-refractivity contribution in [2.75, 3.05) is 5.75 Å². The molecule has 1 unspecified atom stereocenters. The van der Waals surface area contributed by atoms with Crippen molar-refractivity contribution in [3.63, 3.8) is 0 Å². The van der Waals surface area contributed by atoms with Gasteiger partial charge in [-0.3, -0.25) is 0 Å². The zero-order valence-electron chi connectivity index (χ0n) is 11.4. The minimum absolute atomic E-state index is 0.228. The molecule has 0 aliphatic carbocycles. The van der Waals surface area contributed by atoms with Gasteiger partial charge in [-0.2, -0.15) is 13.2 Å². The van der Waals surface area contributed by atoms with Crippen LogP contribution in [0.4, 0.5) is 13.2 Å². The molecule has 0 aromatic heterocycles. The topological polar surface area (TPSA) is 54.4 Å². The highest BCUT2D eigenvalue weighted by Gasteiger charge is 2.32. The second kappa shape index (κ2) is 5.37. The SMILES string of the molecule is CC(C)(C)C(O)CS(=O)(=O)c1ccc(C(F)(F)F)cc1. The Morgan fingerprint density at radius 1 is 1.10 bits per heavy atom. The third-order valence-corrected chi connectivity index (χ3v) is 4.66. The summed E-state index contributed by atoms with van der Waals surface area (Å²) < 4.78 is 61.2. The van der Waals surface area contributed by atoms with Gasteiger partial charge < -0.3 is 5.11 Å². The van der Waals surface area contributed by atoms with Gasteiger partial charge in [-0.05, 0) is 29.7 Å². The van der Waals surface area contributed by atoms with Crippen molar-refractivity contribution in [1.29, 1.82) is 0 Å². The van der Waals surface area contributed by atoms with Gasteiger partial charge in [-0.25, -0.2) is 8.42 Å². The lowest BCUT2D eigenvalue weighted by Crippen LogP contribution is -2.33. The standard InChI is InChI=1S/C13H17F3O3S/c1-12(2,3)11(17)8-20(18,19)10-6-4-9(5-7-10)13(14,15)16/h4-7,11,17H,8H2,1-3H3. The molecule has 0 bridgehead atoms. The van der Waals surface area contributed by atoms with Gasteiger partial charge in [-0.15, -0.1) is 0 Å². The molecule has 1 aromatic rings. The maximum absolute atomic E-state index is 12.4. The number of aliphatic hydroxyl groups is 1. The molecule has 0 fully saturated rings. The first-order valence-electron chi connectivity index (χ1n) is 5.92. The van der Waals surface area contributed by atoms with Crippen LogP contribution in [0.5, 0.6) is 0 Å². The summed E-state index contributed by atoms with van der Waals surface area (Å²) in [6, 6.07) is 3.26. The molecule has 20 heavy (non-hydrogen) atoms. The van der Waals surface area contributed by atoms with E-state index in [1.807, 2.05) is 0 Å². The normalized spacial score (nSPS) is 15.2. The average molecular weight is 310 g/mol. The highest BCUT2D eigenvalue weighted by Crippen LogP contribution is 2.30. The molecular formula is C13H17F3O3S. The van der Waals surface area contributed by atoms with E-state index in [9.17, 15) is 26.7 Å². The van der Waals surface area contributed by atoms with E-state index in [2.05, 4.69) is 0 Å². The third-order valence-electron chi connectivity index (χ3n) is 2.92. The summed E-state index contributed by atoms with van der Waals surface area (Å²) in [5, 5.41) is 9.81. The number of alkyl halides is 3. The molecule has 114 valence electrons. The lowest BCUT2D eigenvalue weighted by molar-refractivity contribution is -0.137. The zero-order valence-corrected chi connectivity index (χ0v) is 12.2. The molecule has 0 saturated heterocycles. The Morgan fingerprint density at radius 2 is 1.55 bits per heavy atom. The van der Waals surface area contributed by atoms with E-state index in [-0.39, 0.29) is 4.90 Å². The van der Waals surface area contributed by atoms with Crippen LogP contribution < -0.4 is 0 Å². The number of hydrogen-bond acceptors (Lipinski definition) is 3. The molecule has 0 aliphatic heterocycles. The van der Waals surface area contributed by atoms with Crippen molar-refractivity contribution in [2.24, 2.45) is 5.41 Å². The molecule has 1 N–H and O–H groups in total. The van der Waals surface area contributed by atoms with Gasteiger partial charge in [-0.1, -0.05) is 20.8 Å². The van der Waals surface area contributed by atoms with Crippen LogP contribution in [0.1, 0.15) is 26.3 Å². The van der Waals surface area contributed by atoms with Crippen molar-refractivity contribution < 1.29 is 26.7 Å². The Labute approximate surface area is 116 Å². The molecule has 0 heterocycles. The van der Waals surface area contributed by atoms with Gasteiger partial charge in [0.2, 0.25) is 0 Å². The lowest BCUT2D eigenvalue weighted by Gasteiger charge is -2.25. The average Bonchev–Trinajstić information content (AvgIpc) is 2.26. The largest absolute Gasteiger partial charge is 0.416 e. The van der Waals surface area contributed by atoms with E-state index in [4.69, 9.17) is 0 Å². The Kier molecular flexibility index (Phi) is 4.55. The summed E-state index contributed by atoms with van der Waals surface area (Å²) in [5.74, 6) is -0.526. The van der Waals surface area contributed by atoms with Crippen LogP contribution in [0.25, 0.3) is 0 Å². The fraction of sp³-hybridized carbons (Fsp3) is 0.538. The molecule has 1 aromatic carbocycles. The van der Waals surface area contributed by atoms with E-state index in [0.717, 1.165) is 24.3 Å². The Bertz CT molecular complexity index is 554. The van der Waals surface area contributed by atoms with E-state index < -0.39 is 38.8 Å². The molecule has 3 nitrogen and oxygen atoms in total. The molecule has 1 rings (SSSR count). The number of aliphatic hydroxyl groups excluding tert-OH is 1. The summed E-state index contributed by atoms with van der Waals surface area (Å²) in [6.45, 7) is 5.04. The predicted molar refractivity (Wildman–Crippen MR) is 69.0 cm³/mol. The zero-order chi connectivity index (χ0) is 15.8. The first-order valence-corrected chi connectivity index (χ1v) is 7.57. The Balaban J connectivity index is 3.00. The summed E-state index contributed by atoms with van der Waals surface area (Å²) in [7, 11) is -3.82. The van der Waals surface area contributed by atoms with E-state index >= 15 is 0 Å². The van der Waals surface area contributed by atoms with Gasteiger partial charge in [0.15, 0.2) is 9.84 Å². The number of benzene rings is 1. The minimum atomic E-state index is -4.51. The van der Waals surface area contributed by atoms with Crippen molar-refractivity contribution in [1.82, 2.24) is 0 Å². The maximum atomic E-state index is 12.4. The Morgan fingerprint density at radius 3 is 1.90 bits per heavy atom. The van der Waals surface area contributed by atoms with Gasteiger partial charge in [0.1, 0.15) is 0 Å². The number of halogens is 3. The molecule has 0 saturated carbocycles. The number of rotatable bonds is 3. The van der Waals surface area contributed by atoms with Gasteiger partial charge in [0.05, 0.1) is 22.3 Å². The first kappa shape index (κ1) is 17.0. The molecular weight excluding hydrogens is 293 g/mol. The van der Waals surface area contributed by atoms with Gasteiger partial charge in [0, 0.05) is 0 Å². The summed E-state index contributed by atoms with van der Waals surface area (Å²) in [4.78, 5) is -0.228. The number of hydrogen-bond donors (Lipinski definition) is 1. The highest BCUT2D eigenvalue weighted by atomic mass is 32.2. The third kappa shape index (κ3) is 4.21. The fourth-order valence-corrected chi connectivity index (χ4v) is 3.06. The van der Waals surface area contributed by atoms with Crippen LogP contribution in [0, 0.1) is 5.41 Å². The van der Waals surface area contributed by atoms with Crippen molar-refractivity contribution in [2.45, 2.75) is 37.9 Å². The molecule has 0 radical (unpaired) electrons. The van der Waals surface area contributed by atoms with Crippen LogP contribution in [0.2, 0.25) is 0 Å². The lowest BCUT2D eigenvalue weighted by atomic mass is 9.90. The van der Waals surface area contributed by atoms with E-state index in [1.54, 1.807) is 20.8 Å². The predicted octanol–water partition coefficient (Wildman–Crippen LogP) is 2.89. The summed E-state index contributed by atoms with van der Waals surface area (Å²) in [6.07, 6.45) is -5.61. The van der Waals surface area contributed by atoms with Crippen LogP contribution >= 0.6 is 0 Å². The van der Waals surface area contributed by atoms with Crippen LogP contribution in [0.15, 0.2) is 29.2 Å². The quantitative estimate of drug-likeness (QED) is 0.934. The molecule has 1 atom stereocenters. The van der Waals surface area contributed by atoms with Gasteiger partial charge >= 0.3 is 6.18 Å². The highest BCUT2D eigenvalue weighted by molar-refractivity contribution is 7.91. The van der Waals surface area contributed by atoms with Crippen LogP contribution in [-0.4, -0.2) is 25.4 Å². The molecule has 0 aliphatic rings. The summed E-state index contributed by atoms with van der Waals surface area (Å²) in [5.41, 5.74) is -1.54. The van der Waals surface area contributed by atoms with Crippen molar-refractivity contribution in [3.8, 4) is 0 Å².